The lowest BCUT2D eigenvalue weighted by Crippen LogP contribution is -2.16. The van der Waals surface area contributed by atoms with Gasteiger partial charge in [-0.1, -0.05) is 0 Å². The fourth-order valence-electron chi connectivity index (χ4n) is 1.90. The molecule has 0 amide bonds. The fourth-order valence-corrected chi connectivity index (χ4v) is 3.38. The number of aromatic nitrogens is 1. The van der Waals surface area contributed by atoms with Crippen molar-refractivity contribution < 1.29 is 8.42 Å². The van der Waals surface area contributed by atoms with E-state index in [0.717, 1.165) is 11.1 Å². The second-order valence-corrected chi connectivity index (χ2v) is 6.42. The summed E-state index contributed by atoms with van der Waals surface area (Å²) in [6.45, 7) is 5.32. The van der Waals surface area contributed by atoms with Crippen LogP contribution in [0.3, 0.4) is 0 Å². The molecule has 0 aliphatic carbocycles. The number of sulfonamides is 1. The number of pyridine rings is 1. The van der Waals surface area contributed by atoms with E-state index >= 15 is 0 Å². The van der Waals surface area contributed by atoms with E-state index in [1.54, 1.807) is 31.3 Å². The predicted octanol–water partition coefficient (Wildman–Crippen LogP) is 2.39. The van der Waals surface area contributed by atoms with Crippen molar-refractivity contribution in [3.63, 3.8) is 0 Å². The van der Waals surface area contributed by atoms with Gasteiger partial charge in [0.05, 0.1) is 16.8 Å². The first kappa shape index (κ1) is 14.3. The van der Waals surface area contributed by atoms with Gasteiger partial charge in [-0.15, -0.1) is 0 Å². The smallest absolute Gasteiger partial charge is 0.262 e. The Hall–Kier alpha value is -2.08. The molecule has 0 radical (unpaired) electrons. The number of aryl methyl sites for hydroxylation is 2. The molecule has 1 aromatic heterocycles. The number of anilines is 2. The molecule has 0 aliphatic rings. The van der Waals surface area contributed by atoms with Gasteiger partial charge in [-0.05, 0) is 55.7 Å². The van der Waals surface area contributed by atoms with Gasteiger partial charge in [0.2, 0.25) is 0 Å². The van der Waals surface area contributed by atoms with Gasteiger partial charge in [-0.3, -0.25) is 9.71 Å². The second-order valence-electron chi connectivity index (χ2n) is 4.77. The normalized spacial score (nSPS) is 11.3. The zero-order chi connectivity index (χ0) is 14.9. The van der Waals surface area contributed by atoms with Crippen LogP contribution in [-0.4, -0.2) is 13.4 Å². The number of benzene rings is 1. The summed E-state index contributed by atoms with van der Waals surface area (Å²) in [6, 6.07) is 5.11. The Bertz CT molecular complexity index is 755. The minimum absolute atomic E-state index is 0.193. The van der Waals surface area contributed by atoms with Gasteiger partial charge in [-0.25, -0.2) is 8.42 Å². The lowest BCUT2D eigenvalue weighted by Gasteiger charge is -2.13. The largest absolute Gasteiger partial charge is 0.398 e. The molecule has 0 unspecified atom stereocenters. The predicted molar refractivity (Wildman–Crippen MR) is 80.1 cm³/mol. The van der Waals surface area contributed by atoms with Gasteiger partial charge in [0.25, 0.3) is 10.0 Å². The Balaban J connectivity index is 2.49. The Morgan fingerprint density at radius 1 is 1.20 bits per heavy atom. The van der Waals surface area contributed by atoms with Crippen LogP contribution < -0.4 is 10.5 Å². The zero-order valence-electron chi connectivity index (χ0n) is 11.6. The summed E-state index contributed by atoms with van der Waals surface area (Å²) in [7, 11) is -3.68. The van der Waals surface area contributed by atoms with E-state index in [2.05, 4.69) is 9.71 Å². The molecule has 2 rings (SSSR count). The number of hydrogen-bond acceptors (Lipinski definition) is 4. The number of nitrogen functional groups attached to an aromatic ring is 1. The molecule has 2 aromatic rings. The van der Waals surface area contributed by atoms with Crippen molar-refractivity contribution in [2.24, 2.45) is 0 Å². The highest BCUT2D eigenvalue weighted by atomic mass is 32.2. The molecule has 0 saturated heterocycles. The summed E-state index contributed by atoms with van der Waals surface area (Å²) >= 11 is 0. The third-order valence-corrected chi connectivity index (χ3v) is 4.61. The van der Waals surface area contributed by atoms with Crippen LogP contribution in [0.15, 0.2) is 35.5 Å². The average Bonchev–Trinajstić information content (AvgIpc) is 2.36. The number of nitrogens with two attached hydrogens (primary N) is 1. The highest BCUT2D eigenvalue weighted by molar-refractivity contribution is 7.92. The molecule has 0 bridgehead atoms. The standard InChI is InChI=1S/C14H17N3O2S/c1-9-6-12(15)11(3)14(7-9)20(18,19)17-13-8-16-5-4-10(13)2/h4-8,17H,15H2,1-3H3. The summed E-state index contributed by atoms with van der Waals surface area (Å²) < 4.78 is 27.5. The Kier molecular flexibility index (Phi) is 3.67. The topological polar surface area (TPSA) is 85.1 Å². The molecule has 20 heavy (non-hydrogen) atoms. The van der Waals surface area contributed by atoms with Gasteiger partial charge >= 0.3 is 0 Å². The molecule has 0 saturated carbocycles. The molecule has 6 heteroatoms. The van der Waals surface area contributed by atoms with E-state index in [9.17, 15) is 8.42 Å². The maximum atomic E-state index is 12.5. The van der Waals surface area contributed by atoms with Crippen molar-refractivity contribution in [2.45, 2.75) is 25.7 Å². The van der Waals surface area contributed by atoms with E-state index in [0.29, 0.717) is 16.9 Å². The molecular weight excluding hydrogens is 274 g/mol. The van der Waals surface area contributed by atoms with Crippen molar-refractivity contribution in [3.05, 3.63) is 47.3 Å². The molecule has 1 aromatic carbocycles. The minimum Gasteiger partial charge on any atom is -0.398 e. The van der Waals surface area contributed by atoms with Crippen molar-refractivity contribution >= 4 is 21.4 Å². The molecule has 5 nitrogen and oxygen atoms in total. The lowest BCUT2D eigenvalue weighted by atomic mass is 10.1. The van der Waals surface area contributed by atoms with Gasteiger partial charge in [0.15, 0.2) is 0 Å². The number of hydrogen-bond donors (Lipinski definition) is 2. The summed E-state index contributed by atoms with van der Waals surface area (Å²) in [5.74, 6) is 0. The van der Waals surface area contributed by atoms with Gasteiger partial charge in [0, 0.05) is 11.9 Å². The van der Waals surface area contributed by atoms with Crippen molar-refractivity contribution in [1.29, 1.82) is 0 Å². The van der Waals surface area contributed by atoms with Gasteiger partial charge in [0.1, 0.15) is 0 Å². The highest BCUT2D eigenvalue weighted by Crippen LogP contribution is 2.25. The first-order valence-corrected chi connectivity index (χ1v) is 7.60. The van der Waals surface area contributed by atoms with Crippen molar-refractivity contribution in [3.8, 4) is 0 Å². The van der Waals surface area contributed by atoms with Crippen LogP contribution in [-0.2, 0) is 10.0 Å². The number of rotatable bonds is 3. The van der Waals surface area contributed by atoms with Gasteiger partial charge < -0.3 is 5.73 Å². The Labute approximate surface area is 118 Å². The maximum absolute atomic E-state index is 12.5. The van der Waals surface area contributed by atoms with Crippen LogP contribution in [0.1, 0.15) is 16.7 Å². The van der Waals surface area contributed by atoms with Crippen LogP contribution in [0.5, 0.6) is 0 Å². The van der Waals surface area contributed by atoms with Crippen molar-refractivity contribution in [2.75, 3.05) is 10.5 Å². The average molecular weight is 291 g/mol. The van der Waals surface area contributed by atoms with Gasteiger partial charge in [-0.2, -0.15) is 0 Å². The van der Waals surface area contributed by atoms with E-state index in [-0.39, 0.29) is 4.90 Å². The van der Waals surface area contributed by atoms with E-state index in [1.807, 2.05) is 13.8 Å². The molecule has 1 heterocycles. The van der Waals surface area contributed by atoms with Crippen LogP contribution in [0.2, 0.25) is 0 Å². The minimum atomic E-state index is -3.68. The summed E-state index contributed by atoms with van der Waals surface area (Å²) in [5, 5.41) is 0. The van der Waals surface area contributed by atoms with Crippen molar-refractivity contribution in [1.82, 2.24) is 4.98 Å². The second kappa shape index (κ2) is 5.13. The van der Waals surface area contributed by atoms with Crippen LogP contribution in [0.4, 0.5) is 11.4 Å². The lowest BCUT2D eigenvalue weighted by molar-refractivity contribution is 0.600. The SMILES string of the molecule is Cc1cc(N)c(C)c(S(=O)(=O)Nc2cnccc2C)c1. The monoisotopic (exact) mass is 291 g/mol. The molecular formula is C14H17N3O2S. The van der Waals surface area contributed by atoms with Crippen LogP contribution in [0.25, 0.3) is 0 Å². The molecule has 0 fully saturated rings. The fraction of sp³-hybridized carbons (Fsp3) is 0.214. The molecule has 0 spiro atoms. The molecule has 106 valence electrons. The molecule has 3 N–H and O–H groups in total. The van der Waals surface area contributed by atoms with Crippen LogP contribution >= 0.6 is 0 Å². The summed E-state index contributed by atoms with van der Waals surface area (Å²) in [4.78, 5) is 4.12. The third-order valence-electron chi connectivity index (χ3n) is 3.12. The van der Waals surface area contributed by atoms with E-state index in [1.165, 1.54) is 6.20 Å². The van der Waals surface area contributed by atoms with E-state index in [4.69, 9.17) is 5.73 Å². The molecule has 0 aliphatic heterocycles. The maximum Gasteiger partial charge on any atom is 0.262 e. The summed E-state index contributed by atoms with van der Waals surface area (Å²) in [5.41, 5.74) is 8.92. The molecule has 0 atom stereocenters. The van der Waals surface area contributed by atoms with E-state index < -0.39 is 10.0 Å². The Morgan fingerprint density at radius 3 is 2.55 bits per heavy atom. The zero-order valence-corrected chi connectivity index (χ0v) is 12.5. The summed E-state index contributed by atoms with van der Waals surface area (Å²) in [6.07, 6.45) is 3.10. The first-order valence-electron chi connectivity index (χ1n) is 6.11. The third kappa shape index (κ3) is 2.75. The number of nitrogens with zero attached hydrogens (tertiary/aromatic N) is 1. The number of nitrogens with one attached hydrogen (secondary N) is 1. The first-order chi connectivity index (χ1) is 9.31. The van der Waals surface area contributed by atoms with Crippen LogP contribution in [0, 0.1) is 20.8 Å². The Morgan fingerprint density at radius 2 is 1.90 bits per heavy atom. The highest BCUT2D eigenvalue weighted by Gasteiger charge is 2.19. The quantitative estimate of drug-likeness (QED) is 0.850.